The van der Waals surface area contributed by atoms with E-state index in [0.29, 0.717) is 12.0 Å². The summed E-state index contributed by atoms with van der Waals surface area (Å²) in [7, 11) is 2.00. The van der Waals surface area contributed by atoms with Crippen LogP contribution in [-0.4, -0.2) is 15.6 Å². The minimum Gasteiger partial charge on any atom is -0.467 e. The van der Waals surface area contributed by atoms with E-state index < -0.39 is 0 Å². The molecule has 2 unspecified atom stereocenters. The van der Waals surface area contributed by atoms with Crippen LogP contribution in [0, 0.1) is 5.92 Å². The summed E-state index contributed by atoms with van der Waals surface area (Å²) in [5.41, 5.74) is 0. The lowest BCUT2D eigenvalue weighted by Crippen LogP contribution is -2.35. The summed E-state index contributed by atoms with van der Waals surface area (Å²) in [6.07, 6.45) is 5.47. The van der Waals surface area contributed by atoms with E-state index in [9.17, 15) is 0 Å². The van der Waals surface area contributed by atoms with Gasteiger partial charge in [-0.25, -0.2) is 4.98 Å². The Balaban J connectivity index is 2.27. The number of furan rings is 1. The second kappa shape index (κ2) is 5.40. The minimum atomic E-state index is -0.00241. The van der Waals surface area contributed by atoms with E-state index in [4.69, 9.17) is 4.42 Å². The van der Waals surface area contributed by atoms with Crippen LogP contribution in [0.15, 0.2) is 35.2 Å². The Morgan fingerprint density at radius 3 is 2.61 bits per heavy atom. The summed E-state index contributed by atoms with van der Waals surface area (Å²) in [4.78, 5) is 4.42. The summed E-state index contributed by atoms with van der Waals surface area (Å²) in [6.45, 7) is 6.59. The van der Waals surface area contributed by atoms with Crippen LogP contribution in [0.25, 0.3) is 0 Å². The molecule has 0 radical (unpaired) electrons. The fourth-order valence-electron chi connectivity index (χ4n) is 1.85. The molecule has 0 amide bonds. The van der Waals surface area contributed by atoms with Gasteiger partial charge in [0, 0.05) is 25.5 Å². The van der Waals surface area contributed by atoms with E-state index >= 15 is 0 Å². The quantitative estimate of drug-likeness (QED) is 0.883. The third kappa shape index (κ3) is 2.64. The predicted molar refractivity (Wildman–Crippen MR) is 71.2 cm³/mol. The Morgan fingerprint density at radius 2 is 2.11 bits per heavy atom. The fourth-order valence-corrected chi connectivity index (χ4v) is 1.85. The van der Waals surface area contributed by atoms with Crippen molar-refractivity contribution in [3.8, 4) is 0 Å². The first-order chi connectivity index (χ1) is 8.59. The summed E-state index contributed by atoms with van der Waals surface area (Å²) in [6, 6.07) is 4.28. The molecule has 0 spiro atoms. The number of nitrogens with one attached hydrogen (secondary N) is 1. The van der Waals surface area contributed by atoms with Crippen molar-refractivity contribution >= 4 is 0 Å². The molecule has 2 rings (SSSR count). The highest BCUT2D eigenvalue weighted by Crippen LogP contribution is 2.22. The first-order valence-electron chi connectivity index (χ1n) is 6.36. The van der Waals surface area contributed by atoms with Crippen LogP contribution in [0.4, 0.5) is 0 Å². The Kier molecular flexibility index (Phi) is 3.87. The van der Waals surface area contributed by atoms with Gasteiger partial charge in [-0.3, -0.25) is 5.32 Å². The van der Waals surface area contributed by atoms with Gasteiger partial charge in [0.25, 0.3) is 0 Å². The highest BCUT2D eigenvalue weighted by Gasteiger charge is 2.23. The maximum absolute atomic E-state index is 5.54. The lowest BCUT2D eigenvalue weighted by Gasteiger charge is -2.24. The Labute approximate surface area is 108 Å². The molecule has 0 saturated carbocycles. The smallest absolute Gasteiger partial charge is 0.133 e. The second-order valence-corrected chi connectivity index (χ2v) is 5.04. The monoisotopic (exact) mass is 247 g/mol. The number of imidazole rings is 1. The molecular formula is C14H21N3O. The van der Waals surface area contributed by atoms with Crippen LogP contribution >= 0.6 is 0 Å². The molecule has 0 aliphatic carbocycles. The van der Waals surface area contributed by atoms with Crippen molar-refractivity contribution in [2.75, 3.05) is 0 Å². The van der Waals surface area contributed by atoms with Gasteiger partial charge < -0.3 is 8.98 Å². The zero-order valence-electron chi connectivity index (χ0n) is 11.4. The first-order valence-corrected chi connectivity index (χ1v) is 6.36. The Morgan fingerprint density at radius 1 is 1.33 bits per heavy atom. The SMILES string of the molecule is CC(C)C(C)NC(c1ccco1)c1nccn1C. The molecule has 18 heavy (non-hydrogen) atoms. The minimum absolute atomic E-state index is 0.00241. The van der Waals surface area contributed by atoms with E-state index in [1.165, 1.54) is 0 Å². The molecule has 2 atom stereocenters. The maximum atomic E-state index is 5.54. The van der Waals surface area contributed by atoms with Gasteiger partial charge >= 0.3 is 0 Å². The molecule has 0 fully saturated rings. The average molecular weight is 247 g/mol. The molecule has 0 aromatic carbocycles. The zero-order chi connectivity index (χ0) is 13.1. The van der Waals surface area contributed by atoms with Crippen molar-refractivity contribution in [2.45, 2.75) is 32.9 Å². The van der Waals surface area contributed by atoms with Gasteiger partial charge in [0.1, 0.15) is 17.6 Å². The van der Waals surface area contributed by atoms with Crippen LogP contribution in [0.3, 0.4) is 0 Å². The molecule has 1 N–H and O–H groups in total. The van der Waals surface area contributed by atoms with Crippen LogP contribution in [0.1, 0.15) is 38.4 Å². The van der Waals surface area contributed by atoms with E-state index in [2.05, 4.69) is 31.1 Å². The number of hydrogen-bond donors (Lipinski definition) is 1. The normalized spacial score (nSPS) is 14.9. The molecule has 4 heteroatoms. The van der Waals surface area contributed by atoms with Crippen molar-refractivity contribution in [3.05, 3.63) is 42.4 Å². The molecular weight excluding hydrogens is 226 g/mol. The van der Waals surface area contributed by atoms with Gasteiger partial charge in [-0.2, -0.15) is 0 Å². The maximum Gasteiger partial charge on any atom is 0.133 e. The molecule has 0 bridgehead atoms. The molecule has 0 aliphatic rings. The van der Waals surface area contributed by atoms with Gasteiger partial charge in [0.15, 0.2) is 0 Å². The Bertz CT molecular complexity index is 473. The average Bonchev–Trinajstić information content (AvgIpc) is 2.96. The van der Waals surface area contributed by atoms with Crippen LogP contribution < -0.4 is 5.32 Å². The number of aromatic nitrogens is 2. The van der Waals surface area contributed by atoms with Gasteiger partial charge in [-0.1, -0.05) is 13.8 Å². The van der Waals surface area contributed by atoms with E-state index in [1.807, 2.05) is 36.1 Å². The van der Waals surface area contributed by atoms with Gasteiger partial charge in [0.2, 0.25) is 0 Å². The molecule has 0 aliphatic heterocycles. The summed E-state index contributed by atoms with van der Waals surface area (Å²) >= 11 is 0. The van der Waals surface area contributed by atoms with Gasteiger partial charge in [0.05, 0.1) is 6.26 Å². The van der Waals surface area contributed by atoms with Crippen molar-refractivity contribution in [1.82, 2.24) is 14.9 Å². The van der Waals surface area contributed by atoms with E-state index in [-0.39, 0.29) is 6.04 Å². The summed E-state index contributed by atoms with van der Waals surface area (Å²) in [5.74, 6) is 2.43. The predicted octanol–water partition coefficient (Wildman–Crippen LogP) is 2.74. The van der Waals surface area contributed by atoms with Gasteiger partial charge in [-0.15, -0.1) is 0 Å². The zero-order valence-corrected chi connectivity index (χ0v) is 11.4. The number of aryl methyl sites for hydroxylation is 1. The fraction of sp³-hybridized carbons (Fsp3) is 0.500. The number of nitrogens with zero attached hydrogens (tertiary/aromatic N) is 2. The van der Waals surface area contributed by atoms with Crippen LogP contribution in [0.2, 0.25) is 0 Å². The second-order valence-electron chi connectivity index (χ2n) is 5.04. The van der Waals surface area contributed by atoms with Crippen molar-refractivity contribution in [1.29, 1.82) is 0 Å². The lowest BCUT2D eigenvalue weighted by atomic mass is 10.0. The van der Waals surface area contributed by atoms with Crippen molar-refractivity contribution in [2.24, 2.45) is 13.0 Å². The molecule has 2 heterocycles. The highest BCUT2D eigenvalue weighted by molar-refractivity contribution is 5.16. The third-order valence-corrected chi connectivity index (χ3v) is 3.37. The summed E-state index contributed by atoms with van der Waals surface area (Å²) < 4.78 is 7.56. The first kappa shape index (κ1) is 12.9. The topological polar surface area (TPSA) is 43.0 Å². The molecule has 4 nitrogen and oxygen atoms in total. The number of hydrogen-bond acceptors (Lipinski definition) is 3. The van der Waals surface area contributed by atoms with Crippen LogP contribution in [-0.2, 0) is 7.05 Å². The van der Waals surface area contributed by atoms with Crippen molar-refractivity contribution in [3.63, 3.8) is 0 Å². The van der Waals surface area contributed by atoms with Gasteiger partial charge in [-0.05, 0) is 25.0 Å². The van der Waals surface area contributed by atoms with Crippen molar-refractivity contribution < 1.29 is 4.42 Å². The summed E-state index contributed by atoms with van der Waals surface area (Å²) in [5, 5.41) is 3.58. The van der Waals surface area contributed by atoms with E-state index in [1.54, 1.807) is 6.26 Å². The molecule has 2 aromatic heterocycles. The third-order valence-electron chi connectivity index (χ3n) is 3.37. The van der Waals surface area contributed by atoms with Crippen LogP contribution in [0.5, 0.6) is 0 Å². The standard InChI is InChI=1S/C14H21N3O/c1-10(2)11(3)16-13(12-6-5-9-18-12)14-15-7-8-17(14)4/h5-11,13,16H,1-4H3. The van der Waals surface area contributed by atoms with E-state index in [0.717, 1.165) is 11.6 Å². The number of rotatable bonds is 5. The lowest BCUT2D eigenvalue weighted by molar-refractivity contribution is 0.353. The largest absolute Gasteiger partial charge is 0.467 e. The molecule has 2 aromatic rings. The highest BCUT2D eigenvalue weighted by atomic mass is 16.3. The molecule has 98 valence electrons. The Hall–Kier alpha value is -1.55. The molecule has 0 saturated heterocycles.